The van der Waals surface area contributed by atoms with E-state index in [1.165, 1.54) is 31.5 Å². The van der Waals surface area contributed by atoms with Crippen LogP contribution in [0.5, 0.6) is 0 Å². The lowest BCUT2D eigenvalue weighted by Crippen LogP contribution is -2.05. The Morgan fingerprint density at radius 3 is 2.84 bits per heavy atom. The molecule has 0 unspecified atom stereocenters. The van der Waals surface area contributed by atoms with E-state index in [1.54, 1.807) is 0 Å². The Hall–Kier alpha value is -2.02. The van der Waals surface area contributed by atoms with Gasteiger partial charge >= 0.3 is 5.97 Å². The lowest BCUT2D eigenvalue weighted by Gasteiger charge is -2.06. The summed E-state index contributed by atoms with van der Waals surface area (Å²) < 4.78 is 18.8. The zero-order chi connectivity index (χ0) is 14.0. The van der Waals surface area contributed by atoms with E-state index in [-0.39, 0.29) is 11.4 Å². The number of benzene rings is 1. The van der Waals surface area contributed by atoms with E-state index >= 15 is 0 Å². The Morgan fingerprint density at radius 2 is 2.21 bits per heavy atom. The van der Waals surface area contributed by atoms with E-state index in [4.69, 9.17) is 5.73 Å². The van der Waals surface area contributed by atoms with Crippen LogP contribution in [0, 0.1) is 5.82 Å². The van der Waals surface area contributed by atoms with Gasteiger partial charge in [-0.3, -0.25) is 0 Å². The van der Waals surface area contributed by atoms with E-state index in [0.29, 0.717) is 15.9 Å². The number of nitrogens with zero attached hydrogens (tertiary/aromatic N) is 2. The molecule has 0 atom stereocenters. The third-order valence-corrected chi connectivity index (χ3v) is 2.80. The maximum atomic E-state index is 13.8. The van der Waals surface area contributed by atoms with Crippen LogP contribution >= 0.6 is 15.9 Å². The number of rotatable bonds is 2. The molecule has 0 amide bonds. The summed E-state index contributed by atoms with van der Waals surface area (Å²) in [5, 5.41) is 0. The minimum Gasteiger partial charge on any atom is -0.465 e. The first kappa shape index (κ1) is 13.4. The third kappa shape index (κ3) is 2.70. The standard InChI is InChI=1S/C12H9BrFN3O2/c1-19-12(18)7-3-2-6(4-8(7)14)10-11(15)16-5-9(13)17-10/h2-5H,1H3,(H2,15,16). The van der Waals surface area contributed by atoms with Gasteiger partial charge in [0.05, 0.1) is 18.9 Å². The van der Waals surface area contributed by atoms with E-state index in [9.17, 15) is 9.18 Å². The van der Waals surface area contributed by atoms with Crippen LogP contribution in [-0.2, 0) is 4.74 Å². The van der Waals surface area contributed by atoms with Gasteiger partial charge in [0.1, 0.15) is 21.9 Å². The van der Waals surface area contributed by atoms with Crippen LogP contribution in [0.25, 0.3) is 11.3 Å². The van der Waals surface area contributed by atoms with Crippen LogP contribution in [0.2, 0.25) is 0 Å². The zero-order valence-corrected chi connectivity index (χ0v) is 11.4. The van der Waals surface area contributed by atoms with E-state index in [2.05, 4.69) is 30.6 Å². The van der Waals surface area contributed by atoms with Gasteiger partial charge in [-0.1, -0.05) is 6.07 Å². The number of carbonyl (C=O) groups is 1. The number of nitrogen functional groups attached to an aromatic ring is 1. The number of hydrogen-bond donors (Lipinski definition) is 1. The molecule has 2 aromatic rings. The maximum absolute atomic E-state index is 13.8. The number of ether oxygens (including phenoxy) is 1. The Kier molecular flexibility index (Phi) is 3.75. The second-order valence-corrected chi connectivity index (χ2v) is 4.43. The lowest BCUT2D eigenvalue weighted by atomic mass is 10.1. The SMILES string of the molecule is COC(=O)c1ccc(-c2nc(Br)cnc2N)cc1F. The summed E-state index contributed by atoms with van der Waals surface area (Å²) in [6.45, 7) is 0. The van der Waals surface area contributed by atoms with Crippen molar-refractivity contribution in [3.8, 4) is 11.3 Å². The van der Waals surface area contributed by atoms with E-state index in [0.717, 1.165) is 0 Å². The minimum atomic E-state index is -0.739. The normalized spacial score (nSPS) is 10.3. The summed E-state index contributed by atoms with van der Waals surface area (Å²) in [4.78, 5) is 19.3. The van der Waals surface area contributed by atoms with Crippen molar-refractivity contribution in [3.05, 3.63) is 40.4 Å². The quantitative estimate of drug-likeness (QED) is 0.858. The van der Waals surface area contributed by atoms with Gasteiger partial charge in [-0.05, 0) is 28.1 Å². The van der Waals surface area contributed by atoms with Gasteiger partial charge in [0.2, 0.25) is 0 Å². The van der Waals surface area contributed by atoms with Gasteiger partial charge < -0.3 is 10.5 Å². The van der Waals surface area contributed by atoms with Crippen molar-refractivity contribution in [2.75, 3.05) is 12.8 Å². The highest BCUT2D eigenvalue weighted by molar-refractivity contribution is 9.10. The Bertz CT molecular complexity index is 649. The molecule has 7 heteroatoms. The van der Waals surface area contributed by atoms with E-state index < -0.39 is 11.8 Å². The molecule has 1 heterocycles. The molecular formula is C12H9BrFN3O2. The number of carbonyl (C=O) groups excluding carboxylic acids is 1. The van der Waals surface area contributed by atoms with Crippen molar-refractivity contribution in [2.24, 2.45) is 0 Å². The molecule has 19 heavy (non-hydrogen) atoms. The van der Waals surface area contributed by atoms with Crippen LogP contribution < -0.4 is 5.73 Å². The van der Waals surface area contributed by atoms with Gasteiger partial charge in [-0.15, -0.1) is 0 Å². The molecule has 5 nitrogen and oxygen atoms in total. The number of esters is 1. The van der Waals surface area contributed by atoms with Crippen LogP contribution in [0.1, 0.15) is 10.4 Å². The zero-order valence-electron chi connectivity index (χ0n) is 9.85. The second kappa shape index (κ2) is 5.31. The molecule has 0 spiro atoms. The number of nitrogens with two attached hydrogens (primary N) is 1. The third-order valence-electron chi connectivity index (χ3n) is 2.42. The highest BCUT2D eigenvalue weighted by atomic mass is 79.9. The fraction of sp³-hybridized carbons (Fsp3) is 0.0833. The average Bonchev–Trinajstić information content (AvgIpc) is 2.40. The van der Waals surface area contributed by atoms with Crippen molar-refractivity contribution >= 4 is 27.7 Å². The Labute approximate surface area is 116 Å². The predicted molar refractivity (Wildman–Crippen MR) is 70.9 cm³/mol. The molecule has 0 fully saturated rings. The van der Waals surface area contributed by atoms with E-state index in [1.807, 2.05) is 0 Å². The number of methoxy groups -OCH3 is 1. The van der Waals surface area contributed by atoms with Gasteiger partial charge in [0.25, 0.3) is 0 Å². The maximum Gasteiger partial charge on any atom is 0.340 e. The van der Waals surface area contributed by atoms with Crippen LogP contribution in [0.4, 0.5) is 10.2 Å². The summed E-state index contributed by atoms with van der Waals surface area (Å²) in [5.74, 6) is -1.27. The topological polar surface area (TPSA) is 78.1 Å². The average molecular weight is 326 g/mol. The predicted octanol–water partition coefficient (Wildman–Crippen LogP) is 2.41. The van der Waals surface area contributed by atoms with Crippen molar-refractivity contribution in [1.29, 1.82) is 0 Å². The van der Waals surface area contributed by atoms with Crippen molar-refractivity contribution in [1.82, 2.24) is 9.97 Å². The van der Waals surface area contributed by atoms with Gasteiger partial charge in [0, 0.05) is 5.56 Å². The molecule has 1 aromatic carbocycles. The van der Waals surface area contributed by atoms with Crippen LogP contribution in [0.15, 0.2) is 29.0 Å². The molecule has 0 saturated carbocycles. The first-order valence-electron chi connectivity index (χ1n) is 5.19. The van der Waals surface area contributed by atoms with Crippen molar-refractivity contribution < 1.29 is 13.9 Å². The first-order valence-corrected chi connectivity index (χ1v) is 5.98. The molecule has 2 N–H and O–H groups in total. The summed E-state index contributed by atoms with van der Waals surface area (Å²) in [6, 6.07) is 4.01. The number of anilines is 1. The summed E-state index contributed by atoms with van der Waals surface area (Å²) in [6.07, 6.45) is 1.44. The fourth-order valence-corrected chi connectivity index (χ4v) is 1.81. The van der Waals surface area contributed by atoms with Crippen LogP contribution in [-0.4, -0.2) is 23.0 Å². The highest BCUT2D eigenvalue weighted by Crippen LogP contribution is 2.25. The fourth-order valence-electron chi connectivity index (χ4n) is 1.53. The first-order chi connectivity index (χ1) is 9.02. The monoisotopic (exact) mass is 325 g/mol. The number of aromatic nitrogens is 2. The molecule has 0 aliphatic rings. The van der Waals surface area contributed by atoms with Crippen LogP contribution in [0.3, 0.4) is 0 Å². The summed E-state index contributed by atoms with van der Waals surface area (Å²) >= 11 is 3.16. The minimum absolute atomic E-state index is 0.146. The number of halogens is 2. The molecule has 98 valence electrons. The number of hydrogen-bond acceptors (Lipinski definition) is 5. The molecule has 0 aliphatic carbocycles. The molecule has 0 radical (unpaired) electrons. The Balaban J connectivity index is 2.50. The van der Waals surface area contributed by atoms with Gasteiger partial charge in [0.15, 0.2) is 0 Å². The highest BCUT2D eigenvalue weighted by Gasteiger charge is 2.15. The second-order valence-electron chi connectivity index (χ2n) is 3.61. The Morgan fingerprint density at radius 1 is 1.47 bits per heavy atom. The molecule has 0 saturated heterocycles. The molecule has 1 aromatic heterocycles. The lowest BCUT2D eigenvalue weighted by molar-refractivity contribution is 0.0595. The summed E-state index contributed by atoms with van der Waals surface area (Å²) in [5.41, 5.74) is 6.31. The molecular weight excluding hydrogens is 317 g/mol. The molecule has 0 aliphatic heterocycles. The van der Waals surface area contributed by atoms with Gasteiger partial charge in [-0.2, -0.15) is 0 Å². The van der Waals surface area contributed by atoms with Crippen molar-refractivity contribution in [3.63, 3.8) is 0 Å². The largest absolute Gasteiger partial charge is 0.465 e. The summed E-state index contributed by atoms with van der Waals surface area (Å²) in [7, 11) is 1.19. The molecule has 0 bridgehead atoms. The smallest absolute Gasteiger partial charge is 0.340 e. The molecule has 2 rings (SSSR count). The van der Waals surface area contributed by atoms with Gasteiger partial charge in [-0.25, -0.2) is 19.2 Å². The van der Waals surface area contributed by atoms with Crippen molar-refractivity contribution in [2.45, 2.75) is 0 Å².